The average molecular weight is 589 g/mol. The van der Waals surface area contributed by atoms with Crippen molar-refractivity contribution >= 4 is 21.4 Å². The Morgan fingerprint density at radius 1 is 1.00 bits per heavy atom. The Labute approximate surface area is 235 Å². The average Bonchev–Trinajstić information content (AvgIpc) is 3.22. The summed E-state index contributed by atoms with van der Waals surface area (Å²) in [5, 5.41) is 2.53. The molecule has 0 fully saturated rings. The fourth-order valence-electron chi connectivity index (χ4n) is 4.53. The number of ether oxygens (including phenoxy) is 1. The van der Waals surface area contributed by atoms with Crippen LogP contribution in [0.2, 0.25) is 0 Å². The minimum atomic E-state index is -3.81. The van der Waals surface area contributed by atoms with Crippen molar-refractivity contribution < 1.29 is 35.5 Å². The van der Waals surface area contributed by atoms with Gasteiger partial charge < -0.3 is 14.6 Å². The molecule has 1 N–H and O–H groups in total. The van der Waals surface area contributed by atoms with Crippen LogP contribution in [0.5, 0.6) is 0 Å². The lowest BCUT2D eigenvalue weighted by molar-refractivity contribution is 0.0526. The number of benzene rings is 3. The summed E-state index contributed by atoms with van der Waals surface area (Å²) in [5.74, 6) is -2.53. The molecule has 1 aromatic heterocycles. The third kappa shape index (κ3) is 7.04. The van der Waals surface area contributed by atoms with Gasteiger partial charge in [-0.05, 0) is 61.9 Å². The highest BCUT2D eigenvalue weighted by molar-refractivity contribution is 7.90. The van der Waals surface area contributed by atoms with E-state index in [0.29, 0.717) is 12.3 Å². The quantitative estimate of drug-likeness (QED) is 0.207. The first-order valence-corrected chi connectivity index (χ1v) is 14.5. The molecule has 0 spiro atoms. The number of carbonyl (C=O) groups is 1. The molecule has 3 aromatic carbocycles. The zero-order valence-electron chi connectivity index (χ0n) is 22.5. The number of halogens is 4. The van der Waals surface area contributed by atoms with Gasteiger partial charge in [0.1, 0.15) is 16.5 Å². The standard InChI is InChI=1S/C30H28F4N2O4S/c1-18(40-17-20-7-5-4-6-8-20)13-23-16-24(19(2)36(23)27-11-9-21(31)14-25(27)29(33)34)30(37)35-22-10-12-28(26(32)15-22)41(3,38)39/h4-12,14-16,18,29H,13,17H2,1-3H3,(H,35,37)/t18-/m0/s1. The van der Waals surface area contributed by atoms with Gasteiger partial charge in [0.25, 0.3) is 12.3 Å². The van der Waals surface area contributed by atoms with E-state index >= 15 is 0 Å². The van der Waals surface area contributed by atoms with Gasteiger partial charge in [0.05, 0.1) is 24.0 Å². The molecule has 1 amide bonds. The lowest BCUT2D eigenvalue weighted by Gasteiger charge is -2.19. The second kappa shape index (κ2) is 12.3. The Morgan fingerprint density at radius 2 is 1.71 bits per heavy atom. The number of carbonyl (C=O) groups excluding carboxylic acids is 1. The molecule has 41 heavy (non-hydrogen) atoms. The number of hydrogen-bond acceptors (Lipinski definition) is 4. The number of aromatic nitrogens is 1. The van der Waals surface area contributed by atoms with Crippen molar-refractivity contribution in [1.82, 2.24) is 4.57 Å². The van der Waals surface area contributed by atoms with Crippen LogP contribution in [0, 0.1) is 18.6 Å². The summed E-state index contributed by atoms with van der Waals surface area (Å²) < 4.78 is 87.1. The zero-order chi connectivity index (χ0) is 29.9. The predicted molar refractivity (Wildman–Crippen MR) is 147 cm³/mol. The molecule has 0 radical (unpaired) electrons. The molecule has 1 atom stereocenters. The van der Waals surface area contributed by atoms with E-state index in [1.807, 2.05) is 30.3 Å². The molecule has 0 aliphatic rings. The summed E-state index contributed by atoms with van der Waals surface area (Å²) in [6, 6.07) is 17.2. The number of nitrogens with zero attached hydrogens (tertiary/aromatic N) is 1. The molecule has 0 unspecified atom stereocenters. The monoisotopic (exact) mass is 588 g/mol. The molecule has 0 saturated heterocycles. The van der Waals surface area contributed by atoms with Gasteiger partial charge in [0.2, 0.25) is 0 Å². The van der Waals surface area contributed by atoms with Gasteiger partial charge in [0.15, 0.2) is 9.84 Å². The van der Waals surface area contributed by atoms with Gasteiger partial charge in [-0.2, -0.15) is 0 Å². The van der Waals surface area contributed by atoms with E-state index in [2.05, 4.69) is 5.32 Å². The van der Waals surface area contributed by atoms with E-state index in [9.17, 15) is 30.8 Å². The van der Waals surface area contributed by atoms with Gasteiger partial charge in [0, 0.05) is 35.3 Å². The van der Waals surface area contributed by atoms with Crippen molar-refractivity contribution in [3.8, 4) is 5.69 Å². The van der Waals surface area contributed by atoms with Crippen LogP contribution < -0.4 is 5.32 Å². The molecule has 4 rings (SSSR count). The van der Waals surface area contributed by atoms with Crippen LogP contribution in [-0.2, 0) is 27.6 Å². The highest BCUT2D eigenvalue weighted by atomic mass is 32.2. The van der Waals surface area contributed by atoms with Crippen LogP contribution in [0.25, 0.3) is 5.69 Å². The van der Waals surface area contributed by atoms with Crippen molar-refractivity contribution in [3.05, 3.63) is 113 Å². The fourth-order valence-corrected chi connectivity index (χ4v) is 5.26. The van der Waals surface area contributed by atoms with Crippen molar-refractivity contribution in [2.24, 2.45) is 0 Å². The Bertz CT molecular complexity index is 1670. The van der Waals surface area contributed by atoms with Crippen LogP contribution >= 0.6 is 0 Å². The normalized spacial score (nSPS) is 12.5. The van der Waals surface area contributed by atoms with E-state index < -0.39 is 50.4 Å². The Kier molecular flexibility index (Phi) is 8.98. The van der Waals surface area contributed by atoms with Gasteiger partial charge in [-0.25, -0.2) is 26.0 Å². The molecule has 0 bridgehead atoms. The number of hydrogen-bond donors (Lipinski definition) is 1. The number of sulfone groups is 1. The maximum atomic E-state index is 14.4. The summed E-state index contributed by atoms with van der Waals surface area (Å²) in [7, 11) is -3.81. The molecule has 11 heteroatoms. The van der Waals surface area contributed by atoms with Gasteiger partial charge in [-0.3, -0.25) is 4.79 Å². The predicted octanol–water partition coefficient (Wildman–Crippen LogP) is 6.81. The maximum Gasteiger partial charge on any atom is 0.265 e. The lowest BCUT2D eigenvalue weighted by Crippen LogP contribution is -2.16. The van der Waals surface area contributed by atoms with Crippen molar-refractivity contribution in [2.45, 2.75) is 44.3 Å². The van der Waals surface area contributed by atoms with E-state index in [1.54, 1.807) is 13.8 Å². The van der Waals surface area contributed by atoms with Crippen molar-refractivity contribution in [3.63, 3.8) is 0 Å². The lowest BCUT2D eigenvalue weighted by atomic mass is 10.1. The summed E-state index contributed by atoms with van der Waals surface area (Å²) in [6.07, 6.45) is -2.30. The van der Waals surface area contributed by atoms with Crippen LogP contribution in [0.1, 0.15) is 46.2 Å². The topological polar surface area (TPSA) is 77.4 Å². The number of nitrogens with one attached hydrogen (secondary N) is 1. The summed E-state index contributed by atoms with van der Waals surface area (Å²) in [4.78, 5) is 12.8. The minimum Gasteiger partial charge on any atom is -0.373 e. The fraction of sp³-hybridized carbons (Fsp3) is 0.233. The molecule has 216 valence electrons. The minimum absolute atomic E-state index is 0.00298. The first-order chi connectivity index (χ1) is 19.3. The van der Waals surface area contributed by atoms with E-state index in [1.165, 1.54) is 22.8 Å². The highest BCUT2D eigenvalue weighted by Crippen LogP contribution is 2.32. The number of anilines is 1. The van der Waals surface area contributed by atoms with E-state index in [0.717, 1.165) is 36.1 Å². The van der Waals surface area contributed by atoms with E-state index in [-0.39, 0.29) is 29.1 Å². The Hall–Kier alpha value is -3.96. The number of rotatable bonds is 10. The van der Waals surface area contributed by atoms with Crippen LogP contribution in [0.15, 0.2) is 77.7 Å². The second-order valence-corrected chi connectivity index (χ2v) is 11.6. The molecule has 0 aliphatic heterocycles. The smallest absolute Gasteiger partial charge is 0.265 e. The summed E-state index contributed by atoms with van der Waals surface area (Å²) in [6.45, 7) is 3.67. The first kappa shape index (κ1) is 30.0. The molecule has 0 saturated carbocycles. The van der Waals surface area contributed by atoms with Crippen molar-refractivity contribution in [2.75, 3.05) is 11.6 Å². The first-order valence-electron chi connectivity index (χ1n) is 12.6. The number of amides is 1. The summed E-state index contributed by atoms with van der Waals surface area (Å²) >= 11 is 0. The maximum absolute atomic E-state index is 14.4. The third-order valence-corrected chi connectivity index (χ3v) is 7.63. The summed E-state index contributed by atoms with van der Waals surface area (Å²) in [5.41, 5.74) is 1.25. The molecule has 4 aromatic rings. The Morgan fingerprint density at radius 3 is 2.34 bits per heavy atom. The molecule has 1 heterocycles. The van der Waals surface area contributed by atoms with Crippen molar-refractivity contribution in [1.29, 1.82) is 0 Å². The third-order valence-electron chi connectivity index (χ3n) is 6.50. The molecule has 6 nitrogen and oxygen atoms in total. The van der Waals surface area contributed by atoms with Gasteiger partial charge in [-0.1, -0.05) is 30.3 Å². The highest BCUT2D eigenvalue weighted by Gasteiger charge is 2.25. The number of alkyl halides is 2. The molecule has 0 aliphatic carbocycles. The SMILES string of the molecule is Cc1c(C(=O)Nc2ccc(S(C)(=O)=O)c(F)c2)cc(C[C@H](C)OCc2ccccc2)n1-c1ccc(F)cc1C(F)F. The zero-order valence-corrected chi connectivity index (χ0v) is 23.3. The second-order valence-electron chi connectivity index (χ2n) is 9.66. The largest absolute Gasteiger partial charge is 0.373 e. The molecular weight excluding hydrogens is 560 g/mol. The van der Waals surface area contributed by atoms with Crippen LogP contribution in [-0.4, -0.2) is 31.3 Å². The van der Waals surface area contributed by atoms with Gasteiger partial charge >= 0.3 is 0 Å². The Balaban J connectivity index is 1.70. The van der Waals surface area contributed by atoms with Crippen LogP contribution in [0.3, 0.4) is 0 Å². The van der Waals surface area contributed by atoms with E-state index in [4.69, 9.17) is 4.74 Å². The van der Waals surface area contributed by atoms with Gasteiger partial charge in [-0.15, -0.1) is 0 Å². The molecular formula is C30H28F4N2O4S. The van der Waals surface area contributed by atoms with Crippen LogP contribution in [0.4, 0.5) is 23.2 Å².